The lowest BCUT2D eigenvalue weighted by molar-refractivity contribution is -0.125. The minimum absolute atomic E-state index is 0.183. The first-order valence-electron chi connectivity index (χ1n) is 9.83. The molecule has 1 saturated heterocycles. The van der Waals surface area contributed by atoms with Crippen LogP contribution in [0, 0.1) is 11.8 Å². The Kier molecular flexibility index (Phi) is 5.96. The van der Waals surface area contributed by atoms with Crippen LogP contribution in [-0.4, -0.2) is 55.7 Å². The zero-order valence-electron chi connectivity index (χ0n) is 16.4. The van der Waals surface area contributed by atoms with Gasteiger partial charge >= 0.3 is 6.09 Å². The minimum atomic E-state index is -0.592. The van der Waals surface area contributed by atoms with Crippen molar-refractivity contribution in [1.29, 1.82) is 0 Å². The third kappa shape index (κ3) is 5.17. The summed E-state index contributed by atoms with van der Waals surface area (Å²) in [6.07, 6.45) is 6.40. The van der Waals surface area contributed by atoms with E-state index in [0.29, 0.717) is 30.6 Å². The molecule has 2 aliphatic rings. The van der Waals surface area contributed by atoms with Crippen LogP contribution in [0.1, 0.15) is 65.1 Å². The van der Waals surface area contributed by atoms with Crippen molar-refractivity contribution in [2.24, 2.45) is 11.8 Å². The second-order valence-electron chi connectivity index (χ2n) is 8.59. The number of nitrogens with zero attached hydrogens (tertiary/aromatic N) is 4. The van der Waals surface area contributed by atoms with Crippen molar-refractivity contribution in [3.8, 4) is 0 Å². The highest BCUT2D eigenvalue weighted by Gasteiger charge is 2.43. The highest BCUT2D eigenvalue weighted by molar-refractivity contribution is 5.86. The van der Waals surface area contributed by atoms with Crippen molar-refractivity contribution >= 4 is 12.0 Å². The van der Waals surface area contributed by atoms with Crippen LogP contribution in [0.2, 0.25) is 0 Å². The molecule has 0 unspecified atom stereocenters. The second-order valence-corrected chi connectivity index (χ2v) is 8.59. The van der Waals surface area contributed by atoms with Crippen LogP contribution in [0.3, 0.4) is 0 Å². The van der Waals surface area contributed by atoms with Crippen molar-refractivity contribution in [2.45, 2.75) is 77.5 Å². The van der Waals surface area contributed by atoms with Crippen molar-refractivity contribution in [3.63, 3.8) is 0 Å². The maximum atomic E-state index is 12.8. The summed E-state index contributed by atoms with van der Waals surface area (Å²) in [5, 5.41) is 16.3. The summed E-state index contributed by atoms with van der Waals surface area (Å²) >= 11 is 0. The number of tetrazole rings is 1. The summed E-state index contributed by atoms with van der Waals surface area (Å²) in [5.41, 5.74) is -0.592. The van der Waals surface area contributed by atoms with Gasteiger partial charge in [-0.25, -0.2) is 4.79 Å². The fourth-order valence-corrected chi connectivity index (χ4v) is 4.13. The Labute approximate surface area is 159 Å². The number of carbonyl (C=O) groups is 2. The number of aromatic nitrogens is 4. The molecule has 27 heavy (non-hydrogen) atoms. The largest absolute Gasteiger partial charge is 0.444 e. The van der Waals surface area contributed by atoms with Gasteiger partial charge in [-0.1, -0.05) is 37.3 Å². The molecule has 2 N–H and O–H groups in total. The van der Waals surface area contributed by atoms with Crippen LogP contribution in [0.5, 0.6) is 0 Å². The van der Waals surface area contributed by atoms with Crippen LogP contribution in [-0.2, 0) is 16.1 Å². The number of H-pyrrole nitrogens is 1. The van der Waals surface area contributed by atoms with Crippen LogP contribution >= 0.6 is 0 Å². The number of likely N-dealkylation sites (tertiary alicyclic amines) is 1. The number of aromatic amines is 1. The zero-order valence-corrected chi connectivity index (χ0v) is 16.4. The van der Waals surface area contributed by atoms with Gasteiger partial charge in [-0.05, 0) is 39.0 Å². The molecule has 3 rings (SSSR count). The number of rotatable bonds is 4. The van der Waals surface area contributed by atoms with E-state index in [9.17, 15) is 9.59 Å². The molecule has 0 spiro atoms. The molecule has 1 aliphatic heterocycles. The van der Waals surface area contributed by atoms with Gasteiger partial charge in [0.25, 0.3) is 0 Å². The average Bonchev–Trinajstić information content (AvgIpc) is 3.29. The standard InChI is InChI=1S/C18H30N6O3/c1-18(2,3)27-17(26)24-11-13(12-7-5-4-6-8-12)9-14(24)16(25)19-10-15-20-22-23-21-15/h12-14H,4-11H2,1-3H3,(H,19,25)(H,20,21,22,23)/t13-,14+/m1/s1. The third-order valence-electron chi connectivity index (χ3n) is 5.39. The van der Waals surface area contributed by atoms with E-state index in [0.717, 1.165) is 0 Å². The maximum Gasteiger partial charge on any atom is 0.410 e. The Bertz CT molecular complexity index is 636. The van der Waals surface area contributed by atoms with Gasteiger partial charge in [0.15, 0.2) is 5.82 Å². The van der Waals surface area contributed by atoms with E-state index in [-0.39, 0.29) is 12.5 Å². The molecule has 1 aromatic rings. The van der Waals surface area contributed by atoms with Crippen LogP contribution in [0.15, 0.2) is 0 Å². The fraction of sp³-hybridized carbons (Fsp3) is 0.833. The molecule has 9 nitrogen and oxygen atoms in total. The number of nitrogens with one attached hydrogen (secondary N) is 2. The Morgan fingerprint density at radius 2 is 1.96 bits per heavy atom. The smallest absolute Gasteiger partial charge is 0.410 e. The van der Waals surface area contributed by atoms with E-state index in [2.05, 4.69) is 25.9 Å². The predicted octanol–water partition coefficient (Wildman–Crippen LogP) is 2.02. The van der Waals surface area contributed by atoms with E-state index >= 15 is 0 Å². The van der Waals surface area contributed by atoms with Crippen LogP contribution in [0.4, 0.5) is 4.79 Å². The van der Waals surface area contributed by atoms with Crippen molar-refractivity contribution in [1.82, 2.24) is 30.8 Å². The van der Waals surface area contributed by atoms with Gasteiger partial charge in [0.1, 0.15) is 11.6 Å². The molecule has 2 fully saturated rings. The summed E-state index contributed by atoms with van der Waals surface area (Å²) < 4.78 is 5.56. The molecule has 2 heterocycles. The van der Waals surface area contributed by atoms with Crippen molar-refractivity contribution in [2.75, 3.05) is 6.54 Å². The van der Waals surface area contributed by atoms with Gasteiger partial charge in [-0.15, -0.1) is 10.2 Å². The first kappa shape index (κ1) is 19.6. The number of hydrogen-bond acceptors (Lipinski definition) is 6. The normalized spacial score (nSPS) is 24.0. The van der Waals surface area contributed by atoms with E-state index in [1.54, 1.807) is 4.90 Å². The van der Waals surface area contributed by atoms with Gasteiger partial charge in [-0.3, -0.25) is 9.69 Å². The lowest BCUT2D eigenvalue weighted by Gasteiger charge is -2.29. The second kappa shape index (κ2) is 8.22. The van der Waals surface area contributed by atoms with E-state index in [4.69, 9.17) is 4.74 Å². The summed E-state index contributed by atoms with van der Waals surface area (Å²) in [4.78, 5) is 27.1. The number of carbonyl (C=O) groups excluding carboxylic acids is 2. The van der Waals surface area contributed by atoms with Crippen LogP contribution in [0.25, 0.3) is 0 Å². The van der Waals surface area contributed by atoms with E-state index in [1.165, 1.54) is 32.1 Å². The van der Waals surface area contributed by atoms with Crippen molar-refractivity contribution in [3.05, 3.63) is 5.82 Å². The molecule has 0 bridgehead atoms. The molecule has 9 heteroatoms. The highest BCUT2D eigenvalue weighted by Crippen LogP contribution is 2.38. The lowest BCUT2D eigenvalue weighted by atomic mass is 9.79. The Morgan fingerprint density at radius 1 is 1.22 bits per heavy atom. The van der Waals surface area contributed by atoms with E-state index in [1.807, 2.05) is 20.8 Å². The summed E-state index contributed by atoms with van der Waals surface area (Å²) in [7, 11) is 0. The number of hydrogen-bond donors (Lipinski definition) is 2. The maximum absolute atomic E-state index is 12.8. The first-order valence-corrected chi connectivity index (χ1v) is 9.83. The zero-order chi connectivity index (χ0) is 19.4. The Morgan fingerprint density at radius 3 is 2.59 bits per heavy atom. The van der Waals surface area contributed by atoms with Gasteiger partial charge in [0, 0.05) is 6.54 Å². The molecular weight excluding hydrogens is 348 g/mol. The molecule has 1 saturated carbocycles. The molecule has 2 amide bonds. The molecule has 1 aliphatic carbocycles. The van der Waals surface area contributed by atoms with Gasteiger partial charge < -0.3 is 10.1 Å². The SMILES string of the molecule is CC(C)(C)OC(=O)N1C[C@H](C2CCCCC2)C[C@H]1C(=O)NCc1nn[nH]n1. The first-order chi connectivity index (χ1) is 12.8. The fourth-order valence-electron chi connectivity index (χ4n) is 4.13. The van der Waals surface area contributed by atoms with Crippen LogP contribution < -0.4 is 5.32 Å². The Hall–Kier alpha value is -2.19. The highest BCUT2D eigenvalue weighted by atomic mass is 16.6. The van der Waals surface area contributed by atoms with Gasteiger partial charge in [0.2, 0.25) is 5.91 Å². The summed E-state index contributed by atoms with van der Waals surface area (Å²) in [6.45, 7) is 6.28. The molecular formula is C18H30N6O3. The average molecular weight is 378 g/mol. The van der Waals surface area contributed by atoms with Gasteiger partial charge in [-0.2, -0.15) is 5.21 Å². The minimum Gasteiger partial charge on any atom is -0.444 e. The Balaban J connectivity index is 1.68. The van der Waals surface area contributed by atoms with Crippen molar-refractivity contribution < 1.29 is 14.3 Å². The third-order valence-corrected chi connectivity index (χ3v) is 5.39. The summed E-state index contributed by atoms with van der Waals surface area (Å²) in [6, 6.07) is -0.515. The summed E-state index contributed by atoms with van der Waals surface area (Å²) in [5.74, 6) is 1.15. The molecule has 1 aromatic heterocycles. The van der Waals surface area contributed by atoms with Gasteiger partial charge in [0.05, 0.1) is 6.54 Å². The molecule has 0 radical (unpaired) electrons. The monoisotopic (exact) mass is 378 g/mol. The molecule has 150 valence electrons. The molecule has 0 aromatic carbocycles. The lowest BCUT2D eigenvalue weighted by Crippen LogP contribution is -2.47. The number of amides is 2. The topological polar surface area (TPSA) is 113 Å². The molecule has 2 atom stereocenters. The van der Waals surface area contributed by atoms with E-state index < -0.39 is 17.7 Å². The quantitative estimate of drug-likeness (QED) is 0.829. The predicted molar refractivity (Wildman–Crippen MR) is 97.4 cm³/mol. The number of ether oxygens (including phenoxy) is 1.